The van der Waals surface area contributed by atoms with Gasteiger partial charge in [-0.3, -0.25) is 0 Å². The Morgan fingerprint density at radius 1 is 0.300 bits per heavy atom. The van der Waals surface area contributed by atoms with Crippen LogP contribution in [0.5, 0.6) is 0 Å². The molecule has 0 saturated heterocycles. The van der Waals surface area contributed by atoms with E-state index < -0.39 is 0 Å². The predicted octanol–water partition coefficient (Wildman–Crippen LogP) is 3.71. The third kappa shape index (κ3) is 4870. The molecule has 8 heteroatoms. The summed E-state index contributed by atoms with van der Waals surface area (Å²) in [6.45, 7) is 0. The molecule has 0 unspecified atom stereocenters. The molecule has 0 aromatic heterocycles. The van der Waals surface area contributed by atoms with Crippen LogP contribution in [0.15, 0.2) is 0 Å². The van der Waals surface area contributed by atoms with Crippen molar-refractivity contribution in [2.24, 2.45) is 0 Å². The number of hydrogen-bond acceptors (Lipinski definition) is 0. The van der Waals surface area contributed by atoms with E-state index >= 15 is 0 Å². The molecular formula is C12H36N6W2-6. The molecular weight excluding hydrogens is 596 g/mol. The molecule has 0 spiro atoms. The van der Waals surface area contributed by atoms with E-state index in [4.69, 9.17) is 0 Å². The van der Waals surface area contributed by atoms with Crippen LogP contribution in [0.2, 0.25) is 0 Å². The average molecular weight is 632 g/mol. The van der Waals surface area contributed by atoms with E-state index in [1.165, 1.54) is 0 Å². The SMILES string of the molecule is C[N-]C.C[N-]C.C[N-]C.C[N-]C.C[N-]C.C[N-]C.[W]#[W]. The monoisotopic (exact) mass is 632 g/mol. The molecule has 132 valence electrons. The standard InChI is InChI=1S/6C2H6N.2W/c6*1-3-2;;/h6*1-2H3;;/q6*-1;;. The summed E-state index contributed by atoms with van der Waals surface area (Å²) in [5.41, 5.74) is 0. The first-order valence-electron chi connectivity index (χ1n) is 5.53. The quantitative estimate of drug-likeness (QED) is 0.391. The van der Waals surface area contributed by atoms with E-state index in [0.29, 0.717) is 0 Å². The summed E-state index contributed by atoms with van der Waals surface area (Å²) in [5, 5.41) is 21.0. The Labute approximate surface area is 148 Å². The molecule has 0 amide bonds. The number of hydrogen-bond donors (Lipinski definition) is 0. The second-order valence-electron chi connectivity index (χ2n) is 2.68. The first-order chi connectivity index (χ1) is 9.49. The van der Waals surface area contributed by atoms with Gasteiger partial charge in [-0.1, -0.05) is 0 Å². The summed E-state index contributed by atoms with van der Waals surface area (Å²) in [6, 6.07) is 0. The Balaban J connectivity index is -0.0000000198. The van der Waals surface area contributed by atoms with Crippen molar-refractivity contribution < 1.29 is 31.9 Å². The van der Waals surface area contributed by atoms with Gasteiger partial charge in [-0.2, -0.15) is 84.6 Å². The van der Waals surface area contributed by atoms with Crippen molar-refractivity contribution >= 4 is 0 Å². The fourth-order valence-electron chi connectivity index (χ4n) is 0. The maximum absolute atomic E-state index is 3.50. The van der Waals surface area contributed by atoms with Gasteiger partial charge in [0.15, 0.2) is 0 Å². The van der Waals surface area contributed by atoms with Crippen LogP contribution < -0.4 is 0 Å². The Hall–Kier alpha value is 1.14. The fourth-order valence-corrected chi connectivity index (χ4v) is 0. The summed E-state index contributed by atoms with van der Waals surface area (Å²) >= 11 is 3.33. The average Bonchev–Trinajstić information content (AvgIpc) is 2.36. The van der Waals surface area contributed by atoms with Crippen LogP contribution in [0, 0.1) is 0 Å². The molecule has 0 N–H and O–H groups in total. The van der Waals surface area contributed by atoms with Gasteiger partial charge in [0, 0.05) is 0 Å². The summed E-state index contributed by atoms with van der Waals surface area (Å²) in [5.74, 6) is 0. The van der Waals surface area contributed by atoms with Gasteiger partial charge in [0.1, 0.15) is 0 Å². The van der Waals surface area contributed by atoms with Crippen LogP contribution in [0.1, 0.15) is 0 Å². The molecule has 0 radical (unpaired) electrons. The molecule has 0 fully saturated rings. The van der Waals surface area contributed by atoms with Gasteiger partial charge in [-0.05, 0) is 0 Å². The zero-order valence-corrected chi connectivity index (χ0v) is 21.4. The van der Waals surface area contributed by atoms with Gasteiger partial charge in [0.2, 0.25) is 0 Å². The first kappa shape index (κ1) is 42.9. The van der Waals surface area contributed by atoms with Crippen LogP contribution in [0.3, 0.4) is 0 Å². The van der Waals surface area contributed by atoms with Crippen molar-refractivity contribution in [2.75, 3.05) is 84.6 Å². The Morgan fingerprint density at radius 2 is 0.300 bits per heavy atom. The third-order valence-corrected chi connectivity index (χ3v) is 0. The summed E-state index contributed by atoms with van der Waals surface area (Å²) in [4.78, 5) is 0. The number of rotatable bonds is 0. The predicted molar refractivity (Wildman–Crippen MR) is 91.2 cm³/mol. The Bertz CT molecular complexity index is 62.7. The minimum atomic E-state index is 1.67. The van der Waals surface area contributed by atoms with Crippen LogP contribution >= 0.6 is 0 Å². The molecule has 0 saturated carbocycles. The second kappa shape index (κ2) is 145. The van der Waals surface area contributed by atoms with E-state index in [1.807, 2.05) is 0 Å². The molecule has 0 aromatic rings. The molecule has 0 bridgehead atoms. The maximum atomic E-state index is 3.50. The van der Waals surface area contributed by atoms with Gasteiger partial charge < -0.3 is 31.9 Å². The summed E-state index contributed by atoms with van der Waals surface area (Å²) in [6.07, 6.45) is 0. The molecule has 0 aliphatic rings. The van der Waals surface area contributed by atoms with Crippen LogP contribution in [0.4, 0.5) is 0 Å². The minimum absolute atomic E-state index is 1.67. The van der Waals surface area contributed by atoms with E-state index in [-0.39, 0.29) is 0 Å². The van der Waals surface area contributed by atoms with Crippen LogP contribution in [-0.2, 0) is 31.9 Å². The van der Waals surface area contributed by atoms with Crippen LogP contribution in [-0.4, -0.2) is 84.6 Å². The Kier molecular flexibility index (Phi) is 310. The van der Waals surface area contributed by atoms with Crippen molar-refractivity contribution in [1.29, 1.82) is 0 Å². The Morgan fingerprint density at radius 3 is 0.300 bits per heavy atom. The summed E-state index contributed by atoms with van der Waals surface area (Å²) < 4.78 is 0. The zero-order valence-electron chi connectivity index (χ0n) is 15.5. The van der Waals surface area contributed by atoms with E-state index in [1.54, 1.807) is 116 Å². The molecule has 0 aromatic carbocycles. The van der Waals surface area contributed by atoms with Crippen LogP contribution in [0.25, 0.3) is 31.9 Å². The fraction of sp³-hybridized carbons (Fsp3) is 1.00. The van der Waals surface area contributed by atoms with Crippen molar-refractivity contribution in [3.63, 3.8) is 0 Å². The molecule has 20 heavy (non-hydrogen) atoms. The van der Waals surface area contributed by atoms with Crippen molar-refractivity contribution in [3.05, 3.63) is 31.9 Å². The number of nitrogens with zero attached hydrogens (tertiary/aromatic N) is 6. The normalized spacial score (nSPS) is 5.50. The van der Waals surface area contributed by atoms with Gasteiger partial charge in [0.25, 0.3) is 0 Å². The molecule has 0 aliphatic carbocycles. The van der Waals surface area contributed by atoms with Gasteiger partial charge in [-0.25, -0.2) is 0 Å². The topological polar surface area (TPSA) is 84.6 Å². The molecule has 0 rings (SSSR count). The third-order valence-electron chi connectivity index (χ3n) is 0. The molecule has 0 atom stereocenters. The van der Waals surface area contributed by atoms with Crippen molar-refractivity contribution in [2.45, 2.75) is 0 Å². The van der Waals surface area contributed by atoms with Crippen molar-refractivity contribution in [3.8, 4) is 0 Å². The van der Waals surface area contributed by atoms with E-state index in [9.17, 15) is 0 Å². The van der Waals surface area contributed by atoms with E-state index in [0.717, 1.165) is 0 Å². The molecule has 0 aliphatic heterocycles. The molecule has 0 heterocycles. The van der Waals surface area contributed by atoms with Gasteiger partial charge >= 0.3 is 31.9 Å². The first-order valence-corrected chi connectivity index (χ1v) is 16.5. The zero-order chi connectivity index (χ0) is 18.2. The van der Waals surface area contributed by atoms with E-state index in [2.05, 4.69) is 31.9 Å². The summed E-state index contributed by atoms with van der Waals surface area (Å²) in [7, 11) is 21.0. The molecule has 6 nitrogen and oxygen atoms in total. The second-order valence-corrected chi connectivity index (χ2v) is 2.68. The van der Waals surface area contributed by atoms with Gasteiger partial charge in [0.05, 0.1) is 0 Å². The van der Waals surface area contributed by atoms with Crippen molar-refractivity contribution in [1.82, 2.24) is 0 Å². The van der Waals surface area contributed by atoms with Gasteiger partial charge in [-0.15, -0.1) is 0 Å².